The summed E-state index contributed by atoms with van der Waals surface area (Å²) in [6, 6.07) is 15.8. The van der Waals surface area contributed by atoms with Gasteiger partial charge in [0.05, 0.1) is 13.3 Å². The van der Waals surface area contributed by atoms with Gasteiger partial charge in [0.25, 0.3) is 0 Å². The minimum Gasteiger partial charge on any atom is -0.493 e. The minimum absolute atomic E-state index is 0.458. The van der Waals surface area contributed by atoms with Crippen LogP contribution in [-0.4, -0.2) is 54.5 Å². The average molecular weight is 502 g/mol. The van der Waals surface area contributed by atoms with E-state index in [1.807, 2.05) is 48.5 Å². The molecule has 9 heteroatoms. The maximum atomic E-state index is 6.03. The van der Waals surface area contributed by atoms with Crippen LogP contribution >= 0.6 is 0 Å². The van der Waals surface area contributed by atoms with Gasteiger partial charge in [0.1, 0.15) is 6.61 Å². The van der Waals surface area contributed by atoms with Crippen LogP contribution in [0.2, 0.25) is 0 Å². The Hall–Kier alpha value is -3.88. The molecule has 2 saturated heterocycles. The topological polar surface area (TPSA) is 88.0 Å². The normalized spacial score (nSPS) is 16.1. The van der Waals surface area contributed by atoms with Crippen molar-refractivity contribution in [2.75, 3.05) is 48.5 Å². The number of methoxy groups -OCH3 is 1. The fraction of sp³-hybridized carbons (Fsp3) is 0.429. The zero-order valence-electron chi connectivity index (χ0n) is 21.5. The number of benzene rings is 2. The van der Waals surface area contributed by atoms with Gasteiger partial charge in [-0.1, -0.05) is 30.3 Å². The second-order valence-corrected chi connectivity index (χ2v) is 9.41. The number of piperidine rings is 2. The number of nitrogens with one attached hydrogen (secondary N) is 1. The lowest BCUT2D eigenvalue weighted by Crippen LogP contribution is -2.34. The van der Waals surface area contributed by atoms with Crippen LogP contribution in [0, 0.1) is 0 Å². The highest BCUT2D eigenvalue weighted by atomic mass is 16.5. The molecule has 2 aliphatic rings. The summed E-state index contributed by atoms with van der Waals surface area (Å²) in [5.41, 5.74) is 5.00. The van der Waals surface area contributed by atoms with Crippen molar-refractivity contribution in [1.29, 1.82) is 0 Å². The monoisotopic (exact) mass is 501 g/mol. The van der Waals surface area contributed by atoms with Crippen LogP contribution in [0.4, 0.5) is 17.8 Å². The van der Waals surface area contributed by atoms with Gasteiger partial charge in [-0.05, 0) is 67.9 Å². The maximum absolute atomic E-state index is 6.03. The predicted octanol–water partition coefficient (Wildman–Crippen LogP) is 4.89. The summed E-state index contributed by atoms with van der Waals surface area (Å²) in [6.45, 7) is 4.36. The van der Waals surface area contributed by atoms with E-state index >= 15 is 0 Å². The molecule has 194 valence electrons. The first-order valence-corrected chi connectivity index (χ1v) is 13.2. The first-order valence-electron chi connectivity index (χ1n) is 13.2. The average Bonchev–Trinajstić information content (AvgIpc) is 2.97. The third-order valence-electron chi connectivity index (χ3n) is 6.69. The Kier molecular flexibility index (Phi) is 8.30. The summed E-state index contributed by atoms with van der Waals surface area (Å²) in [6.07, 6.45) is 8.91. The molecule has 2 fully saturated rings. The standard InChI is InChI=1S/C28H35N7O2/c1-36-24-14-13-23(19-25(24)37-21-22-11-5-2-6-12-22)20-29-33-26-30-27(34-15-7-3-8-16-34)32-28(31-26)35-17-9-4-10-18-35/h2,5-6,11-14,19-20H,3-4,7-10,15-18,21H2,1H3,(H,30,31,32,33)/b29-20-. The van der Waals surface area contributed by atoms with Crippen LogP contribution in [0.15, 0.2) is 53.6 Å². The molecule has 37 heavy (non-hydrogen) atoms. The Labute approximate surface area is 218 Å². The number of hydrogen-bond acceptors (Lipinski definition) is 9. The van der Waals surface area contributed by atoms with Crippen molar-refractivity contribution in [3.63, 3.8) is 0 Å². The molecule has 0 radical (unpaired) electrons. The quantitative estimate of drug-likeness (QED) is 0.328. The number of hydrazone groups is 1. The van der Waals surface area contributed by atoms with Crippen LogP contribution in [0.25, 0.3) is 0 Å². The molecule has 3 aromatic rings. The molecule has 9 nitrogen and oxygen atoms in total. The third kappa shape index (κ3) is 6.67. The van der Waals surface area contributed by atoms with E-state index in [0.29, 0.717) is 24.1 Å². The van der Waals surface area contributed by atoms with E-state index in [-0.39, 0.29) is 0 Å². The number of rotatable bonds is 9. The lowest BCUT2D eigenvalue weighted by molar-refractivity contribution is 0.284. The van der Waals surface area contributed by atoms with Crippen LogP contribution in [0.1, 0.15) is 49.7 Å². The first-order chi connectivity index (χ1) is 18.3. The second-order valence-electron chi connectivity index (χ2n) is 9.41. The minimum atomic E-state index is 0.458. The third-order valence-corrected chi connectivity index (χ3v) is 6.69. The van der Waals surface area contributed by atoms with Crippen LogP contribution in [-0.2, 0) is 6.61 Å². The van der Waals surface area contributed by atoms with Gasteiger partial charge in [0.2, 0.25) is 17.8 Å². The lowest BCUT2D eigenvalue weighted by Gasteiger charge is -2.30. The van der Waals surface area contributed by atoms with Gasteiger partial charge in [0.15, 0.2) is 11.5 Å². The highest BCUT2D eigenvalue weighted by Gasteiger charge is 2.20. The molecule has 0 spiro atoms. The molecule has 0 aliphatic carbocycles. The van der Waals surface area contributed by atoms with Crippen LogP contribution < -0.4 is 24.7 Å². The summed E-state index contributed by atoms with van der Waals surface area (Å²) in [7, 11) is 1.64. The Bertz CT molecular complexity index is 1140. The SMILES string of the molecule is COc1ccc(/C=N\Nc2nc(N3CCCCC3)nc(N3CCCCC3)n2)cc1OCc1ccccc1. The number of hydrogen-bond donors (Lipinski definition) is 1. The molecule has 1 aromatic heterocycles. The van der Waals surface area contributed by atoms with Crippen molar-refractivity contribution >= 4 is 24.1 Å². The molecule has 2 aromatic carbocycles. The Balaban J connectivity index is 1.31. The predicted molar refractivity (Wildman–Crippen MR) is 147 cm³/mol. The van der Waals surface area contributed by atoms with Crippen LogP contribution in [0.5, 0.6) is 11.5 Å². The van der Waals surface area contributed by atoms with Gasteiger partial charge in [0, 0.05) is 26.2 Å². The van der Waals surface area contributed by atoms with E-state index in [1.165, 1.54) is 12.8 Å². The summed E-state index contributed by atoms with van der Waals surface area (Å²) >= 11 is 0. The van der Waals surface area contributed by atoms with Gasteiger partial charge in [-0.2, -0.15) is 20.1 Å². The van der Waals surface area contributed by atoms with E-state index in [4.69, 9.17) is 24.4 Å². The van der Waals surface area contributed by atoms with E-state index in [1.54, 1.807) is 13.3 Å². The Morgan fingerprint density at radius 1 is 0.811 bits per heavy atom. The Morgan fingerprint density at radius 2 is 1.46 bits per heavy atom. The van der Waals surface area contributed by atoms with Gasteiger partial charge < -0.3 is 19.3 Å². The van der Waals surface area contributed by atoms with Crippen molar-refractivity contribution in [3.8, 4) is 11.5 Å². The summed E-state index contributed by atoms with van der Waals surface area (Å²) in [5, 5.41) is 4.44. The molecular weight excluding hydrogens is 466 g/mol. The molecule has 0 atom stereocenters. The number of nitrogens with zero attached hydrogens (tertiary/aromatic N) is 6. The van der Waals surface area contributed by atoms with Gasteiger partial charge >= 0.3 is 0 Å². The van der Waals surface area contributed by atoms with Crippen molar-refractivity contribution in [1.82, 2.24) is 15.0 Å². The number of aromatic nitrogens is 3. The zero-order chi connectivity index (χ0) is 25.3. The van der Waals surface area contributed by atoms with Crippen molar-refractivity contribution in [2.45, 2.75) is 45.1 Å². The summed E-state index contributed by atoms with van der Waals surface area (Å²) in [5.74, 6) is 3.26. The molecule has 5 rings (SSSR count). The van der Waals surface area contributed by atoms with Gasteiger partial charge in [-0.15, -0.1) is 0 Å². The molecule has 0 amide bonds. The molecule has 1 N–H and O–H groups in total. The molecule has 0 unspecified atom stereocenters. The van der Waals surface area contributed by atoms with E-state index in [0.717, 1.165) is 74.9 Å². The van der Waals surface area contributed by atoms with Gasteiger partial charge in [-0.25, -0.2) is 5.43 Å². The van der Waals surface area contributed by atoms with E-state index in [9.17, 15) is 0 Å². The second kappa shape index (κ2) is 12.4. The van der Waals surface area contributed by atoms with Crippen LogP contribution in [0.3, 0.4) is 0 Å². The summed E-state index contributed by atoms with van der Waals surface area (Å²) < 4.78 is 11.5. The highest BCUT2D eigenvalue weighted by molar-refractivity contribution is 5.81. The molecular formula is C28H35N7O2. The zero-order valence-corrected chi connectivity index (χ0v) is 21.5. The number of anilines is 3. The maximum Gasteiger partial charge on any atom is 0.250 e. The number of ether oxygens (including phenoxy) is 2. The Morgan fingerprint density at radius 3 is 2.08 bits per heavy atom. The smallest absolute Gasteiger partial charge is 0.250 e. The van der Waals surface area contributed by atoms with E-state index in [2.05, 4.69) is 20.3 Å². The first kappa shape index (κ1) is 24.8. The fourth-order valence-electron chi connectivity index (χ4n) is 4.66. The van der Waals surface area contributed by atoms with Crippen molar-refractivity contribution in [2.24, 2.45) is 5.10 Å². The lowest BCUT2D eigenvalue weighted by atomic mass is 10.1. The molecule has 0 bridgehead atoms. The fourth-order valence-corrected chi connectivity index (χ4v) is 4.66. The van der Waals surface area contributed by atoms with E-state index < -0.39 is 0 Å². The largest absolute Gasteiger partial charge is 0.493 e. The molecule has 0 saturated carbocycles. The van der Waals surface area contributed by atoms with Gasteiger partial charge in [-0.3, -0.25) is 0 Å². The van der Waals surface area contributed by atoms with Crippen molar-refractivity contribution in [3.05, 3.63) is 59.7 Å². The highest BCUT2D eigenvalue weighted by Crippen LogP contribution is 2.28. The molecule has 2 aliphatic heterocycles. The van der Waals surface area contributed by atoms with Crippen molar-refractivity contribution < 1.29 is 9.47 Å². The summed E-state index contributed by atoms with van der Waals surface area (Å²) in [4.78, 5) is 18.7. The molecule has 3 heterocycles.